The van der Waals surface area contributed by atoms with Gasteiger partial charge in [0.1, 0.15) is 5.82 Å². The lowest BCUT2D eigenvalue weighted by atomic mass is 10.1. The van der Waals surface area contributed by atoms with Crippen molar-refractivity contribution in [3.63, 3.8) is 0 Å². The van der Waals surface area contributed by atoms with Crippen LogP contribution in [0.15, 0.2) is 12.1 Å². The van der Waals surface area contributed by atoms with Gasteiger partial charge in [-0.25, -0.2) is 4.98 Å². The van der Waals surface area contributed by atoms with Crippen LogP contribution in [0.3, 0.4) is 0 Å². The molecule has 4 heteroatoms. The molecule has 21 heavy (non-hydrogen) atoms. The van der Waals surface area contributed by atoms with Gasteiger partial charge in [-0.3, -0.25) is 4.90 Å². The lowest BCUT2D eigenvalue weighted by Gasteiger charge is -2.26. The predicted octanol–water partition coefficient (Wildman–Crippen LogP) is 3.86. The maximum atomic E-state index is 6.05. The molecule has 0 aromatic carbocycles. The molecule has 0 aliphatic carbocycles. The minimum absolute atomic E-state index is 0.438. The lowest BCUT2D eigenvalue weighted by molar-refractivity contribution is 0.232. The fourth-order valence-electron chi connectivity index (χ4n) is 3.12. The van der Waals surface area contributed by atoms with E-state index in [0.29, 0.717) is 17.8 Å². The molecule has 1 aliphatic heterocycles. The van der Waals surface area contributed by atoms with Crippen molar-refractivity contribution in [1.29, 1.82) is 0 Å². The highest BCUT2D eigenvalue weighted by atomic mass is 35.5. The zero-order valence-corrected chi connectivity index (χ0v) is 14.5. The highest BCUT2D eigenvalue weighted by Crippen LogP contribution is 2.25. The third kappa shape index (κ3) is 3.89. The topological polar surface area (TPSA) is 19.4 Å². The van der Waals surface area contributed by atoms with Gasteiger partial charge in [0.05, 0.1) is 0 Å². The molecule has 0 N–H and O–H groups in total. The van der Waals surface area contributed by atoms with Crippen molar-refractivity contribution in [3.8, 4) is 0 Å². The number of anilines is 1. The molecule has 0 spiro atoms. The van der Waals surface area contributed by atoms with Crippen molar-refractivity contribution in [3.05, 3.63) is 23.4 Å². The van der Waals surface area contributed by atoms with Crippen LogP contribution in [0.5, 0.6) is 0 Å². The standard InChI is InChI=1S/C17H28ClN3/c1-5-20(6-2)15-7-8-21(12-15)17-10-14(11-18)9-16(19-17)13(3)4/h9-10,13,15H,5-8,11-12H2,1-4H3. The third-order valence-corrected chi connectivity index (χ3v) is 4.76. The molecule has 118 valence electrons. The Labute approximate surface area is 134 Å². The van der Waals surface area contributed by atoms with Gasteiger partial charge in [0, 0.05) is 30.7 Å². The van der Waals surface area contributed by atoms with E-state index in [1.807, 2.05) is 0 Å². The average molecular weight is 310 g/mol. The molecule has 0 amide bonds. The number of nitrogens with zero attached hydrogens (tertiary/aromatic N) is 3. The summed E-state index contributed by atoms with van der Waals surface area (Å²) in [4.78, 5) is 9.83. The van der Waals surface area contributed by atoms with Gasteiger partial charge < -0.3 is 4.90 Å². The van der Waals surface area contributed by atoms with Crippen LogP contribution in [0, 0.1) is 0 Å². The van der Waals surface area contributed by atoms with Crippen LogP contribution >= 0.6 is 11.6 Å². The van der Waals surface area contributed by atoms with Crippen molar-refractivity contribution >= 4 is 17.4 Å². The van der Waals surface area contributed by atoms with Crippen LogP contribution in [-0.2, 0) is 5.88 Å². The summed E-state index contributed by atoms with van der Waals surface area (Å²) in [7, 11) is 0. The highest BCUT2D eigenvalue weighted by Gasteiger charge is 2.27. The molecule has 2 heterocycles. The molecule has 1 aromatic heterocycles. The molecule has 1 aliphatic rings. The van der Waals surface area contributed by atoms with Crippen molar-refractivity contribution in [1.82, 2.24) is 9.88 Å². The van der Waals surface area contributed by atoms with E-state index in [9.17, 15) is 0 Å². The number of likely N-dealkylation sites (N-methyl/N-ethyl adjacent to an activating group) is 1. The van der Waals surface area contributed by atoms with E-state index in [1.54, 1.807) is 0 Å². The zero-order chi connectivity index (χ0) is 15.4. The lowest BCUT2D eigenvalue weighted by Crippen LogP contribution is -2.37. The minimum Gasteiger partial charge on any atom is -0.355 e. The van der Waals surface area contributed by atoms with Crippen LogP contribution in [-0.4, -0.2) is 42.1 Å². The summed E-state index contributed by atoms with van der Waals surface area (Å²) in [5.41, 5.74) is 2.33. The summed E-state index contributed by atoms with van der Waals surface area (Å²) in [5, 5.41) is 0. The Balaban J connectivity index is 2.17. The summed E-state index contributed by atoms with van der Waals surface area (Å²) in [5.74, 6) is 2.10. The monoisotopic (exact) mass is 309 g/mol. The largest absolute Gasteiger partial charge is 0.355 e. The smallest absolute Gasteiger partial charge is 0.129 e. The van der Waals surface area contributed by atoms with E-state index in [2.05, 4.69) is 49.6 Å². The average Bonchev–Trinajstić information content (AvgIpc) is 2.97. The quantitative estimate of drug-likeness (QED) is 0.744. The first-order valence-corrected chi connectivity index (χ1v) is 8.68. The predicted molar refractivity (Wildman–Crippen MR) is 91.4 cm³/mol. The minimum atomic E-state index is 0.438. The molecular formula is C17H28ClN3. The zero-order valence-electron chi connectivity index (χ0n) is 13.8. The van der Waals surface area contributed by atoms with Crippen molar-refractivity contribution in [2.75, 3.05) is 31.1 Å². The Bertz CT molecular complexity index is 457. The van der Waals surface area contributed by atoms with Crippen molar-refractivity contribution in [2.45, 2.75) is 52.0 Å². The Hall–Kier alpha value is -0.800. The van der Waals surface area contributed by atoms with Gasteiger partial charge in [-0.1, -0.05) is 27.7 Å². The Morgan fingerprint density at radius 1 is 1.33 bits per heavy atom. The summed E-state index contributed by atoms with van der Waals surface area (Å²) < 4.78 is 0. The molecule has 1 unspecified atom stereocenters. The maximum absolute atomic E-state index is 6.05. The first kappa shape index (κ1) is 16.6. The number of halogens is 1. The molecule has 1 fully saturated rings. The normalized spacial score (nSPS) is 19.0. The molecule has 1 atom stereocenters. The number of pyridine rings is 1. The first-order chi connectivity index (χ1) is 10.1. The fraction of sp³-hybridized carbons (Fsp3) is 0.706. The number of alkyl halides is 1. The van der Waals surface area contributed by atoms with E-state index < -0.39 is 0 Å². The van der Waals surface area contributed by atoms with E-state index in [4.69, 9.17) is 16.6 Å². The molecule has 2 rings (SSSR count). The molecule has 0 saturated carbocycles. The summed E-state index contributed by atoms with van der Waals surface area (Å²) in [6.45, 7) is 13.3. The van der Waals surface area contributed by atoms with Gasteiger partial charge in [-0.2, -0.15) is 0 Å². The van der Waals surface area contributed by atoms with Gasteiger partial charge in [-0.15, -0.1) is 11.6 Å². The Morgan fingerprint density at radius 2 is 2.05 bits per heavy atom. The summed E-state index contributed by atoms with van der Waals surface area (Å²) in [6.07, 6.45) is 1.23. The van der Waals surface area contributed by atoms with Crippen LogP contribution in [0.25, 0.3) is 0 Å². The van der Waals surface area contributed by atoms with Gasteiger partial charge in [0.25, 0.3) is 0 Å². The van der Waals surface area contributed by atoms with E-state index in [1.165, 1.54) is 12.0 Å². The van der Waals surface area contributed by atoms with Gasteiger partial charge in [-0.05, 0) is 43.1 Å². The fourth-order valence-corrected chi connectivity index (χ4v) is 3.27. The second-order valence-corrected chi connectivity index (χ2v) is 6.42. The van der Waals surface area contributed by atoms with Gasteiger partial charge >= 0.3 is 0 Å². The Kier molecular flexibility index (Phi) is 5.88. The van der Waals surface area contributed by atoms with Gasteiger partial charge in [0.2, 0.25) is 0 Å². The van der Waals surface area contributed by atoms with E-state index >= 15 is 0 Å². The van der Waals surface area contributed by atoms with Crippen molar-refractivity contribution in [2.24, 2.45) is 0 Å². The highest BCUT2D eigenvalue weighted by molar-refractivity contribution is 6.17. The molecule has 3 nitrogen and oxygen atoms in total. The first-order valence-electron chi connectivity index (χ1n) is 8.14. The van der Waals surface area contributed by atoms with Crippen LogP contribution in [0.4, 0.5) is 5.82 Å². The van der Waals surface area contributed by atoms with E-state index in [0.717, 1.165) is 37.7 Å². The second-order valence-electron chi connectivity index (χ2n) is 6.16. The summed E-state index contributed by atoms with van der Waals surface area (Å²) >= 11 is 6.05. The summed E-state index contributed by atoms with van der Waals surface area (Å²) in [6, 6.07) is 4.95. The Morgan fingerprint density at radius 3 is 2.62 bits per heavy atom. The van der Waals surface area contributed by atoms with Crippen LogP contribution in [0.1, 0.15) is 51.3 Å². The molecule has 0 bridgehead atoms. The maximum Gasteiger partial charge on any atom is 0.129 e. The van der Waals surface area contributed by atoms with E-state index in [-0.39, 0.29) is 0 Å². The number of aromatic nitrogens is 1. The van der Waals surface area contributed by atoms with Gasteiger partial charge in [0.15, 0.2) is 0 Å². The number of hydrogen-bond donors (Lipinski definition) is 0. The van der Waals surface area contributed by atoms with Crippen molar-refractivity contribution < 1.29 is 0 Å². The molecule has 1 saturated heterocycles. The number of rotatable bonds is 6. The number of hydrogen-bond acceptors (Lipinski definition) is 3. The molecule has 1 aromatic rings. The third-order valence-electron chi connectivity index (χ3n) is 4.45. The molecule has 0 radical (unpaired) electrons. The second kappa shape index (κ2) is 7.46. The molecular weight excluding hydrogens is 282 g/mol. The van der Waals surface area contributed by atoms with Crippen LogP contribution in [0.2, 0.25) is 0 Å². The van der Waals surface area contributed by atoms with Crippen LogP contribution < -0.4 is 4.90 Å². The SMILES string of the molecule is CCN(CC)C1CCN(c2cc(CCl)cc(C(C)C)n2)C1.